The zero-order valence-corrected chi connectivity index (χ0v) is 18.0. The molecular weight excluding hydrogens is 396 g/mol. The summed E-state index contributed by atoms with van der Waals surface area (Å²) in [6.07, 6.45) is 3.05. The first-order chi connectivity index (χ1) is 13.2. The van der Waals surface area contributed by atoms with Crippen LogP contribution in [-0.4, -0.2) is 32.7 Å². The van der Waals surface area contributed by atoms with Gasteiger partial charge in [0.05, 0.1) is 11.9 Å². The first-order valence-corrected chi connectivity index (χ1v) is 11.5. The van der Waals surface area contributed by atoms with E-state index in [1.165, 1.54) is 5.56 Å². The van der Waals surface area contributed by atoms with Gasteiger partial charge in [-0.25, -0.2) is 8.42 Å². The Kier molecular flexibility index (Phi) is 7.89. The number of carbonyl (C=O) groups excluding carboxylic acids is 1. The van der Waals surface area contributed by atoms with Crippen LogP contribution in [-0.2, 0) is 21.2 Å². The minimum Gasteiger partial charge on any atom is -0.352 e. The normalized spacial score (nSPS) is 13.6. The van der Waals surface area contributed by atoms with Crippen molar-refractivity contribution in [1.82, 2.24) is 5.32 Å². The molecule has 0 aliphatic rings. The Balaban J connectivity index is 2.12. The highest BCUT2D eigenvalue weighted by Crippen LogP contribution is 2.25. The number of amides is 1. The smallest absolute Gasteiger partial charge is 0.244 e. The minimum absolute atomic E-state index is 0.0810. The molecule has 152 valence electrons. The number of nitrogens with zero attached hydrogens (tertiary/aromatic N) is 1. The molecule has 5 nitrogen and oxygen atoms in total. The van der Waals surface area contributed by atoms with Gasteiger partial charge < -0.3 is 5.32 Å². The van der Waals surface area contributed by atoms with Gasteiger partial charge in [-0.2, -0.15) is 0 Å². The van der Waals surface area contributed by atoms with Crippen LogP contribution in [0, 0.1) is 0 Å². The van der Waals surface area contributed by atoms with Gasteiger partial charge in [0, 0.05) is 11.1 Å². The van der Waals surface area contributed by atoms with Gasteiger partial charge >= 0.3 is 0 Å². The van der Waals surface area contributed by atoms with Crippen LogP contribution in [0.5, 0.6) is 0 Å². The Hall–Kier alpha value is -2.05. The molecule has 0 radical (unpaired) electrons. The fourth-order valence-corrected chi connectivity index (χ4v) is 4.50. The molecule has 0 bridgehead atoms. The predicted octanol–water partition coefficient (Wildman–Crippen LogP) is 4.02. The van der Waals surface area contributed by atoms with E-state index in [-0.39, 0.29) is 11.9 Å². The van der Waals surface area contributed by atoms with Crippen LogP contribution >= 0.6 is 11.6 Å². The minimum atomic E-state index is -3.67. The number of carbonyl (C=O) groups is 1. The molecule has 1 amide bonds. The van der Waals surface area contributed by atoms with Gasteiger partial charge in [0.2, 0.25) is 15.9 Å². The third kappa shape index (κ3) is 6.24. The Morgan fingerprint density at radius 1 is 1.14 bits per heavy atom. The highest BCUT2D eigenvalue weighted by atomic mass is 35.5. The lowest BCUT2D eigenvalue weighted by molar-refractivity contribution is -0.122. The van der Waals surface area contributed by atoms with Gasteiger partial charge in [-0.3, -0.25) is 9.10 Å². The highest BCUT2D eigenvalue weighted by Gasteiger charge is 2.32. The molecule has 0 fully saturated rings. The number of benzene rings is 2. The zero-order valence-electron chi connectivity index (χ0n) is 16.4. The number of nitrogens with one attached hydrogen (secondary N) is 1. The Bertz CT molecular complexity index is 888. The number of aryl methyl sites for hydroxylation is 1. The average Bonchev–Trinajstić information content (AvgIpc) is 2.64. The summed E-state index contributed by atoms with van der Waals surface area (Å²) in [5.41, 5.74) is 1.58. The van der Waals surface area contributed by atoms with E-state index in [1.807, 2.05) is 37.3 Å². The maximum atomic E-state index is 12.9. The number of halogens is 1. The molecule has 2 rings (SSSR count). The third-order valence-electron chi connectivity index (χ3n) is 4.49. The van der Waals surface area contributed by atoms with Gasteiger partial charge in [0.1, 0.15) is 6.04 Å². The quantitative estimate of drug-likeness (QED) is 0.663. The lowest BCUT2D eigenvalue weighted by Gasteiger charge is -2.31. The SMILES string of the molecule is CC[C@@H](C(=O)N[C@H](C)CCc1ccccc1)N(c1cccc(Cl)c1)S(C)(=O)=O. The van der Waals surface area contributed by atoms with Crippen molar-refractivity contribution >= 4 is 33.2 Å². The third-order valence-corrected chi connectivity index (χ3v) is 5.90. The molecular formula is C21H27ClN2O3S. The van der Waals surface area contributed by atoms with Gasteiger partial charge in [0.25, 0.3) is 0 Å². The summed E-state index contributed by atoms with van der Waals surface area (Å²) in [6.45, 7) is 3.72. The van der Waals surface area contributed by atoms with Crippen LogP contribution in [0.2, 0.25) is 5.02 Å². The maximum absolute atomic E-state index is 12.9. The molecule has 0 aliphatic carbocycles. The van der Waals surface area contributed by atoms with E-state index in [0.29, 0.717) is 17.1 Å². The number of anilines is 1. The van der Waals surface area contributed by atoms with Gasteiger partial charge in [-0.05, 0) is 49.9 Å². The van der Waals surface area contributed by atoms with Crippen LogP contribution in [0.25, 0.3) is 0 Å². The summed E-state index contributed by atoms with van der Waals surface area (Å²) in [5.74, 6) is -0.312. The van der Waals surface area contributed by atoms with E-state index in [1.54, 1.807) is 31.2 Å². The number of hydrogen-bond acceptors (Lipinski definition) is 3. The van der Waals surface area contributed by atoms with Crippen molar-refractivity contribution in [3.05, 3.63) is 65.2 Å². The van der Waals surface area contributed by atoms with Crippen molar-refractivity contribution in [2.75, 3.05) is 10.6 Å². The molecule has 28 heavy (non-hydrogen) atoms. The van der Waals surface area contributed by atoms with Crippen LogP contribution in [0.1, 0.15) is 32.3 Å². The Morgan fingerprint density at radius 2 is 1.82 bits per heavy atom. The Labute approximate surface area is 172 Å². The lowest BCUT2D eigenvalue weighted by Crippen LogP contribution is -2.51. The molecule has 2 aromatic carbocycles. The maximum Gasteiger partial charge on any atom is 0.244 e. The van der Waals surface area contributed by atoms with E-state index in [0.717, 1.165) is 23.4 Å². The van der Waals surface area contributed by atoms with Crippen molar-refractivity contribution in [1.29, 1.82) is 0 Å². The van der Waals surface area contributed by atoms with Crippen molar-refractivity contribution in [3.63, 3.8) is 0 Å². The first kappa shape index (κ1) is 22.2. The molecule has 0 heterocycles. The summed E-state index contributed by atoms with van der Waals surface area (Å²) in [7, 11) is -3.67. The molecule has 0 aliphatic heterocycles. The second-order valence-electron chi connectivity index (χ2n) is 6.90. The van der Waals surface area contributed by atoms with E-state index in [4.69, 9.17) is 11.6 Å². The van der Waals surface area contributed by atoms with Crippen molar-refractivity contribution in [2.24, 2.45) is 0 Å². The lowest BCUT2D eigenvalue weighted by atomic mass is 10.1. The van der Waals surface area contributed by atoms with Crippen LogP contribution in [0.15, 0.2) is 54.6 Å². The largest absolute Gasteiger partial charge is 0.352 e. The second kappa shape index (κ2) is 9.94. The second-order valence-corrected chi connectivity index (χ2v) is 9.19. The zero-order chi connectivity index (χ0) is 20.7. The van der Waals surface area contributed by atoms with E-state index in [2.05, 4.69) is 5.32 Å². The van der Waals surface area contributed by atoms with Crippen molar-refractivity contribution < 1.29 is 13.2 Å². The first-order valence-electron chi connectivity index (χ1n) is 9.31. The van der Waals surface area contributed by atoms with Gasteiger partial charge in [0.15, 0.2) is 0 Å². The molecule has 0 spiro atoms. The van der Waals surface area contributed by atoms with E-state index in [9.17, 15) is 13.2 Å². The van der Waals surface area contributed by atoms with Gasteiger partial charge in [-0.15, -0.1) is 0 Å². The van der Waals surface area contributed by atoms with Crippen LogP contribution in [0.4, 0.5) is 5.69 Å². The molecule has 0 saturated carbocycles. The van der Waals surface area contributed by atoms with Gasteiger partial charge in [-0.1, -0.05) is 54.9 Å². The monoisotopic (exact) mass is 422 g/mol. The molecule has 7 heteroatoms. The Morgan fingerprint density at radius 3 is 2.39 bits per heavy atom. The summed E-state index contributed by atoms with van der Waals surface area (Å²) < 4.78 is 26.0. The molecule has 2 aromatic rings. The number of hydrogen-bond donors (Lipinski definition) is 1. The van der Waals surface area contributed by atoms with E-state index < -0.39 is 16.1 Å². The molecule has 2 atom stereocenters. The fourth-order valence-electron chi connectivity index (χ4n) is 3.11. The summed E-state index contributed by atoms with van der Waals surface area (Å²) in [6, 6.07) is 15.6. The molecule has 0 unspecified atom stereocenters. The fraction of sp³-hybridized carbons (Fsp3) is 0.381. The number of sulfonamides is 1. The van der Waals surface area contributed by atoms with E-state index >= 15 is 0 Å². The topological polar surface area (TPSA) is 66.5 Å². The summed E-state index contributed by atoms with van der Waals surface area (Å²) in [4.78, 5) is 12.9. The van der Waals surface area contributed by atoms with Crippen LogP contribution in [0.3, 0.4) is 0 Å². The van der Waals surface area contributed by atoms with Crippen molar-refractivity contribution in [2.45, 2.75) is 45.2 Å². The van der Waals surface area contributed by atoms with Crippen LogP contribution < -0.4 is 9.62 Å². The highest BCUT2D eigenvalue weighted by molar-refractivity contribution is 7.92. The summed E-state index contributed by atoms with van der Waals surface area (Å²) in [5, 5.41) is 3.37. The average molecular weight is 423 g/mol. The summed E-state index contributed by atoms with van der Waals surface area (Å²) >= 11 is 6.03. The predicted molar refractivity (Wildman–Crippen MR) is 115 cm³/mol. The van der Waals surface area contributed by atoms with Crippen molar-refractivity contribution in [3.8, 4) is 0 Å². The number of rotatable bonds is 9. The molecule has 1 N–H and O–H groups in total. The standard InChI is InChI=1S/C21H27ClN2O3S/c1-4-20(24(28(3,26)27)19-12-8-11-18(22)15-19)21(25)23-16(2)13-14-17-9-6-5-7-10-17/h5-12,15-16,20H,4,13-14H2,1-3H3,(H,23,25)/t16-,20+/m1/s1. The molecule has 0 saturated heterocycles. The molecule has 0 aromatic heterocycles.